The fourth-order valence-electron chi connectivity index (χ4n) is 2.49. The van der Waals surface area contributed by atoms with Gasteiger partial charge in [-0.1, -0.05) is 13.3 Å². The first kappa shape index (κ1) is 21.1. The summed E-state index contributed by atoms with van der Waals surface area (Å²) in [6.45, 7) is 4.73. The first-order chi connectivity index (χ1) is 13.5. The Morgan fingerprint density at radius 1 is 1.07 bits per heavy atom. The monoisotopic (exact) mass is 383 g/mol. The van der Waals surface area contributed by atoms with Crippen molar-refractivity contribution in [3.8, 4) is 0 Å². The molecule has 2 aromatic rings. The highest BCUT2D eigenvalue weighted by Gasteiger charge is 2.15. The molecule has 148 valence electrons. The number of carbonyl (C=O) groups excluding carboxylic acids is 3. The van der Waals surface area contributed by atoms with Crippen molar-refractivity contribution in [2.24, 2.45) is 0 Å². The lowest BCUT2D eigenvalue weighted by Gasteiger charge is -2.16. The smallest absolute Gasteiger partial charge is 0.338 e. The van der Waals surface area contributed by atoms with E-state index in [9.17, 15) is 14.4 Å². The molecule has 7 heteroatoms. The summed E-state index contributed by atoms with van der Waals surface area (Å²) in [5, 5.41) is 2.74. The van der Waals surface area contributed by atoms with Gasteiger partial charge in [-0.15, -0.1) is 0 Å². The maximum absolute atomic E-state index is 12.5. The summed E-state index contributed by atoms with van der Waals surface area (Å²) >= 11 is 0. The Bertz CT molecular complexity index is 834. The molecule has 1 heterocycles. The second-order valence-electron chi connectivity index (χ2n) is 6.26. The number of nitrogens with zero attached hydrogens (tertiary/aromatic N) is 2. The van der Waals surface area contributed by atoms with Crippen LogP contribution in [0.4, 0.5) is 5.69 Å². The van der Waals surface area contributed by atoms with Crippen LogP contribution in [0.1, 0.15) is 57.9 Å². The fourth-order valence-corrected chi connectivity index (χ4v) is 2.49. The minimum Gasteiger partial charge on any atom is -0.462 e. The van der Waals surface area contributed by atoms with Gasteiger partial charge in [0, 0.05) is 31.0 Å². The van der Waals surface area contributed by atoms with Crippen LogP contribution in [0.3, 0.4) is 0 Å². The van der Waals surface area contributed by atoms with Crippen LogP contribution in [0.2, 0.25) is 0 Å². The normalized spacial score (nSPS) is 10.2. The van der Waals surface area contributed by atoms with Gasteiger partial charge in [-0.2, -0.15) is 0 Å². The molecule has 1 N–H and O–H groups in total. The molecule has 7 nitrogen and oxygen atoms in total. The van der Waals surface area contributed by atoms with E-state index in [1.165, 1.54) is 12.3 Å². The molecule has 0 aliphatic rings. The van der Waals surface area contributed by atoms with Gasteiger partial charge in [0.2, 0.25) is 0 Å². The van der Waals surface area contributed by atoms with Gasteiger partial charge in [-0.05, 0) is 49.7 Å². The standard InChI is InChI=1S/C21H25N3O4/c1-4-6-13-24(3)20(26)18-14-16(11-12-22-18)19(25)23-17-9-7-15(8-10-17)21(27)28-5-2/h7-12,14H,4-6,13H2,1-3H3,(H,23,25). The highest BCUT2D eigenvalue weighted by molar-refractivity contribution is 6.05. The van der Waals surface area contributed by atoms with Gasteiger partial charge < -0.3 is 15.0 Å². The van der Waals surface area contributed by atoms with Crippen molar-refractivity contribution in [3.05, 3.63) is 59.4 Å². The number of carbonyl (C=O) groups is 3. The number of anilines is 1. The molecule has 0 fully saturated rings. The zero-order valence-electron chi connectivity index (χ0n) is 16.4. The average molecular weight is 383 g/mol. The quantitative estimate of drug-likeness (QED) is 0.706. The van der Waals surface area contributed by atoms with Crippen molar-refractivity contribution in [2.75, 3.05) is 25.5 Å². The fraction of sp³-hybridized carbons (Fsp3) is 0.333. The summed E-state index contributed by atoms with van der Waals surface area (Å²) < 4.78 is 4.93. The number of hydrogen-bond acceptors (Lipinski definition) is 5. The van der Waals surface area contributed by atoms with Crippen LogP contribution in [0.25, 0.3) is 0 Å². The van der Waals surface area contributed by atoms with Crippen molar-refractivity contribution < 1.29 is 19.1 Å². The lowest BCUT2D eigenvalue weighted by Crippen LogP contribution is -2.28. The molecule has 2 amide bonds. The molecule has 0 radical (unpaired) electrons. The SMILES string of the molecule is CCCCN(C)C(=O)c1cc(C(=O)Nc2ccc(C(=O)OCC)cc2)ccn1. The number of rotatable bonds is 8. The number of nitrogens with one attached hydrogen (secondary N) is 1. The highest BCUT2D eigenvalue weighted by Crippen LogP contribution is 2.13. The van der Waals surface area contributed by atoms with Gasteiger partial charge in [-0.3, -0.25) is 14.6 Å². The predicted molar refractivity (Wildman–Crippen MR) is 106 cm³/mol. The zero-order valence-corrected chi connectivity index (χ0v) is 16.4. The van der Waals surface area contributed by atoms with E-state index in [0.29, 0.717) is 30.0 Å². The van der Waals surface area contributed by atoms with Crippen molar-refractivity contribution in [1.82, 2.24) is 9.88 Å². The minimum atomic E-state index is -0.412. The molecule has 0 aliphatic carbocycles. The Labute approximate surface area is 164 Å². The molecule has 1 aromatic carbocycles. The molecule has 0 atom stereocenters. The average Bonchev–Trinajstić information content (AvgIpc) is 2.72. The third kappa shape index (κ3) is 5.64. The third-order valence-corrected chi connectivity index (χ3v) is 4.09. The number of esters is 1. The highest BCUT2D eigenvalue weighted by atomic mass is 16.5. The van der Waals surface area contributed by atoms with Gasteiger partial charge in [0.05, 0.1) is 12.2 Å². The van der Waals surface area contributed by atoms with Gasteiger partial charge in [0.15, 0.2) is 0 Å². The van der Waals surface area contributed by atoms with E-state index >= 15 is 0 Å². The van der Waals surface area contributed by atoms with Gasteiger partial charge in [0.1, 0.15) is 5.69 Å². The number of ether oxygens (including phenoxy) is 1. The van der Waals surface area contributed by atoms with Crippen LogP contribution >= 0.6 is 0 Å². The summed E-state index contributed by atoms with van der Waals surface area (Å²) in [5.41, 5.74) is 1.50. The minimum absolute atomic E-state index is 0.220. The molecule has 2 rings (SSSR count). The molecule has 0 unspecified atom stereocenters. The van der Waals surface area contributed by atoms with Crippen LogP contribution in [-0.2, 0) is 4.74 Å². The maximum Gasteiger partial charge on any atom is 0.338 e. The van der Waals surface area contributed by atoms with Gasteiger partial charge in [0.25, 0.3) is 11.8 Å². The third-order valence-electron chi connectivity index (χ3n) is 4.09. The summed E-state index contributed by atoms with van der Waals surface area (Å²) in [6, 6.07) is 9.43. The van der Waals surface area contributed by atoms with Crippen molar-refractivity contribution >= 4 is 23.5 Å². The number of benzene rings is 1. The molecular formula is C21H25N3O4. The molecule has 0 saturated carbocycles. The molecular weight excluding hydrogens is 358 g/mol. The van der Waals surface area contributed by atoms with Gasteiger partial charge >= 0.3 is 5.97 Å². The zero-order chi connectivity index (χ0) is 20.5. The van der Waals surface area contributed by atoms with Crippen molar-refractivity contribution in [3.63, 3.8) is 0 Å². The largest absolute Gasteiger partial charge is 0.462 e. The van der Waals surface area contributed by atoms with E-state index in [4.69, 9.17) is 4.74 Å². The summed E-state index contributed by atoms with van der Waals surface area (Å²) in [5.74, 6) is -0.997. The topological polar surface area (TPSA) is 88.6 Å². The van der Waals surface area contributed by atoms with E-state index in [-0.39, 0.29) is 17.5 Å². The van der Waals surface area contributed by atoms with E-state index < -0.39 is 5.97 Å². The van der Waals surface area contributed by atoms with E-state index in [2.05, 4.69) is 17.2 Å². The number of amides is 2. The lowest BCUT2D eigenvalue weighted by molar-refractivity contribution is 0.0526. The first-order valence-electron chi connectivity index (χ1n) is 9.26. The van der Waals surface area contributed by atoms with Crippen molar-refractivity contribution in [2.45, 2.75) is 26.7 Å². The molecule has 1 aromatic heterocycles. The van der Waals surface area contributed by atoms with Crippen LogP contribution in [-0.4, -0.2) is 47.9 Å². The number of aromatic nitrogens is 1. The second kappa shape index (κ2) is 10.2. The van der Waals surface area contributed by atoms with Crippen molar-refractivity contribution in [1.29, 1.82) is 0 Å². The Balaban J connectivity index is 2.06. The molecule has 0 saturated heterocycles. The second-order valence-corrected chi connectivity index (χ2v) is 6.26. The molecule has 28 heavy (non-hydrogen) atoms. The summed E-state index contributed by atoms with van der Waals surface area (Å²) in [7, 11) is 1.72. The van der Waals surface area contributed by atoms with Gasteiger partial charge in [-0.25, -0.2) is 4.79 Å². The Morgan fingerprint density at radius 3 is 2.43 bits per heavy atom. The predicted octanol–water partition coefficient (Wildman–Crippen LogP) is 3.38. The Hall–Kier alpha value is -3.22. The summed E-state index contributed by atoms with van der Waals surface area (Å²) in [6.07, 6.45) is 3.34. The molecule has 0 spiro atoms. The molecule has 0 bridgehead atoms. The maximum atomic E-state index is 12.5. The summed E-state index contributed by atoms with van der Waals surface area (Å²) in [4.78, 5) is 42.3. The number of hydrogen-bond donors (Lipinski definition) is 1. The lowest BCUT2D eigenvalue weighted by atomic mass is 10.1. The van der Waals surface area contributed by atoms with Crippen LogP contribution in [0, 0.1) is 0 Å². The Kier molecular flexibility index (Phi) is 7.68. The van der Waals surface area contributed by atoms with E-state index in [1.54, 1.807) is 49.2 Å². The van der Waals surface area contributed by atoms with E-state index in [1.807, 2.05) is 0 Å². The van der Waals surface area contributed by atoms with E-state index in [0.717, 1.165) is 12.8 Å². The Morgan fingerprint density at radius 2 is 1.79 bits per heavy atom. The van der Waals surface area contributed by atoms with Crippen LogP contribution in [0.15, 0.2) is 42.6 Å². The number of unbranched alkanes of at least 4 members (excludes halogenated alkanes) is 1. The van der Waals surface area contributed by atoms with Crippen LogP contribution < -0.4 is 5.32 Å². The first-order valence-corrected chi connectivity index (χ1v) is 9.26. The number of pyridine rings is 1. The van der Waals surface area contributed by atoms with Crippen LogP contribution in [0.5, 0.6) is 0 Å². The molecule has 0 aliphatic heterocycles.